The molecule has 2 nitrogen and oxygen atoms in total. The van der Waals surface area contributed by atoms with Crippen LogP contribution in [0.3, 0.4) is 0 Å². The molecule has 106 valence electrons. The second-order valence-electron chi connectivity index (χ2n) is 5.13. The van der Waals surface area contributed by atoms with Crippen LogP contribution in [0.15, 0.2) is 23.1 Å². The minimum atomic E-state index is -0.108. The van der Waals surface area contributed by atoms with Gasteiger partial charge in [0, 0.05) is 16.8 Å². The van der Waals surface area contributed by atoms with Crippen molar-refractivity contribution in [3.63, 3.8) is 0 Å². The highest BCUT2D eigenvalue weighted by molar-refractivity contribution is 9.09. The minimum absolute atomic E-state index is 0.0722. The van der Waals surface area contributed by atoms with E-state index < -0.39 is 0 Å². The summed E-state index contributed by atoms with van der Waals surface area (Å²) < 4.78 is 0. The van der Waals surface area contributed by atoms with Gasteiger partial charge in [-0.25, -0.2) is 0 Å². The third-order valence-corrected chi connectivity index (χ3v) is 4.37. The number of thioether (sulfide) groups is 1. The highest BCUT2D eigenvalue weighted by Crippen LogP contribution is 2.24. The zero-order valence-corrected chi connectivity index (χ0v) is 14.6. The van der Waals surface area contributed by atoms with Gasteiger partial charge in [0.05, 0.1) is 10.6 Å². The molecule has 1 N–H and O–H groups in total. The maximum Gasteiger partial charge on any atom is 0.252 e. The Morgan fingerprint density at radius 1 is 1.47 bits per heavy atom. The lowest BCUT2D eigenvalue weighted by Crippen LogP contribution is -2.34. The van der Waals surface area contributed by atoms with Crippen molar-refractivity contribution >= 4 is 45.2 Å². The Kier molecular flexibility index (Phi) is 6.71. The summed E-state index contributed by atoms with van der Waals surface area (Å²) in [5.41, 5.74) is 0.617. The van der Waals surface area contributed by atoms with E-state index in [1.54, 1.807) is 17.8 Å². The Balaban J connectivity index is 2.73. The van der Waals surface area contributed by atoms with Crippen molar-refractivity contribution in [1.82, 2.24) is 5.32 Å². The first-order chi connectivity index (χ1) is 8.89. The van der Waals surface area contributed by atoms with Crippen molar-refractivity contribution < 1.29 is 4.79 Å². The number of benzene rings is 1. The van der Waals surface area contributed by atoms with E-state index in [1.165, 1.54) is 0 Å². The molecule has 1 amide bonds. The predicted molar refractivity (Wildman–Crippen MR) is 87.8 cm³/mol. The Labute approximate surface area is 132 Å². The van der Waals surface area contributed by atoms with Gasteiger partial charge in [0.1, 0.15) is 0 Å². The van der Waals surface area contributed by atoms with Crippen LogP contribution in [0.2, 0.25) is 5.02 Å². The lowest BCUT2D eigenvalue weighted by Gasteiger charge is -2.24. The predicted octanol–water partition coefficient (Wildman–Crippen LogP) is 4.60. The molecule has 5 heteroatoms. The molecular formula is C14H19BrClNOS. The number of nitrogens with one attached hydrogen (secondary N) is 1. The van der Waals surface area contributed by atoms with Gasteiger partial charge < -0.3 is 5.32 Å². The van der Waals surface area contributed by atoms with Gasteiger partial charge in [0.25, 0.3) is 5.91 Å². The van der Waals surface area contributed by atoms with Gasteiger partial charge in [0.15, 0.2) is 0 Å². The van der Waals surface area contributed by atoms with Gasteiger partial charge in [-0.15, -0.1) is 11.8 Å². The number of hydrogen-bond donors (Lipinski definition) is 1. The second-order valence-corrected chi connectivity index (χ2v) is 7.21. The number of amides is 1. The summed E-state index contributed by atoms with van der Waals surface area (Å²) >= 11 is 11.1. The first kappa shape index (κ1) is 16.9. The van der Waals surface area contributed by atoms with E-state index >= 15 is 0 Å². The van der Waals surface area contributed by atoms with Gasteiger partial charge in [-0.1, -0.05) is 41.4 Å². The molecule has 1 rings (SSSR count). The molecule has 0 fully saturated rings. The van der Waals surface area contributed by atoms with Crippen LogP contribution in [-0.2, 0) is 0 Å². The Hall–Kier alpha value is -0.190. The number of halogens is 2. The molecule has 0 aliphatic carbocycles. The third-order valence-electron chi connectivity index (χ3n) is 2.92. The van der Waals surface area contributed by atoms with E-state index in [2.05, 4.69) is 35.1 Å². The fourth-order valence-corrected chi connectivity index (χ4v) is 3.28. The number of alkyl halides is 1. The lowest BCUT2D eigenvalue weighted by atomic mass is 9.90. The van der Waals surface area contributed by atoms with Crippen molar-refractivity contribution in [1.29, 1.82) is 0 Å². The summed E-state index contributed by atoms with van der Waals surface area (Å²) in [5.74, 6) is -0.108. The van der Waals surface area contributed by atoms with Gasteiger partial charge in [-0.05, 0) is 36.3 Å². The second kappa shape index (κ2) is 7.55. The van der Waals surface area contributed by atoms with E-state index in [0.29, 0.717) is 17.1 Å². The van der Waals surface area contributed by atoms with Gasteiger partial charge in [-0.3, -0.25) is 4.79 Å². The quantitative estimate of drug-likeness (QED) is 0.590. The summed E-state index contributed by atoms with van der Waals surface area (Å²) in [6.45, 7) is 4.90. The normalized spacial score (nSPS) is 11.4. The standard InChI is InChI=1S/C14H19BrClNOS/c1-14(2,6-7-15)9-17-13(18)11-8-10(19-3)4-5-12(11)16/h4-5,8H,6-7,9H2,1-3H3,(H,17,18). The van der Waals surface area contributed by atoms with Crippen LogP contribution >= 0.6 is 39.3 Å². The van der Waals surface area contributed by atoms with Gasteiger partial charge >= 0.3 is 0 Å². The summed E-state index contributed by atoms with van der Waals surface area (Å²) in [6.07, 6.45) is 2.98. The number of carbonyl (C=O) groups is 1. The summed E-state index contributed by atoms with van der Waals surface area (Å²) in [6, 6.07) is 5.52. The highest BCUT2D eigenvalue weighted by Gasteiger charge is 2.19. The average molecular weight is 365 g/mol. The molecule has 0 aromatic heterocycles. The molecule has 0 heterocycles. The van der Waals surface area contributed by atoms with Crippen LogP contribution in [0.4, 0.5) is 0 Å². The molecule has 0 saturated heterocycles. The van der Waals surface area contributed by atoms with E-state index in [-0.39, 0.29) is 11.3 Å². The summed E-state index contributed by atoms with van der Waals surface area (Å²) in [4.78, 5) is 13.2. The molecule has 0 aliphatic heterocycles. The Morgan fingerprint density at radius 3 is 2.74 bits per heavy atom. The van der Waals surface area contributed by atoms with Gasteiger partial charge in [-0.2, -0.15) is 0 Å². The topological polar surface area (TPSA) is 29.1 Å². The molecule has 0 unspecified atom stereocenters. The number of rotatable bonds is 6. The van der Waals surface area contributed by atoms with E-state index in [1.807, 2.05) is 18.4 Å². The van der Waals surface area contributed by atoms with Crippen molar-refractivity contribution in [2.75, 3.05) is 18.1 Å². The molecule has 1 aromatic rings. The van der Waals surface area contributed by atoms with E-state index in [0.717, 1.165) is 16.6 Å². The zero-order valence-electron chi connectivity index (χ0n) is 11.4. The summed E-state index contributed by atoms with van der Waals surface area (Å²) in [5, 5.41) is 4.39. The van der Waals surface area contributed by atoms with Crippen molar-refractivity contribution in [2.24, 2.45) is 5.41 Å². The Bertz CT molecular complexity index is 451. The lowest BCUT2D eigenvalue weighted by molar-refractivity contribution is 0.0936. The number of hydrogen-bond acceptors (Lipinski definition) is 2. The maximum atomic E-state index is 12.2. The SMILES string of the molecule is CSc1ccc(Cl)c(C(=O)NCC(C)(C)CCBr)c1. The van der Waals surface area contributed by atoms with Crippen molar-refractivity contribution in [3.8, 4) is 0 Å². The van der Waals surface area contributed by atoms with Gasteiger partial charge in [0.2, 0.25) is 0 Å². The Morgan fingerprint density at radius 2 is 2.16 bits per heavy atom. The van der Waals surface area contributed by atoms with Crippen molar-refractivity contribution in [2.45, 2.75) is 25.2 Å². The fraction of sp³-hybridized carbons (Fsp3) is 0.500. The van der Waals surface area contributed by atoms with E-state index in [4.69, 9.17) is 11.6 Å². The molecule has 0 radical (unpaired) electrons. The minimum Gasteiger partial charge on any atom is -0.351 e. The first-order valence-electron chi connectivity index (χ1n) is 6.07. The van der Waals surface area contributed by atoms with Crippen LogP contribution in [0, 0.1) is 5.41 Å². The highest BCUT2D eigenvalue weighted by atomic mass is 79.9. The van der Waals surface area contributed by atoms with E-state index in [9.17, 15) is 4.79 Å². The molecule has 0 spiro atoms. The molecule has 19 heavy (non-hydrogen) atoms. The van der Waals surface area contributed by atoms with Crippen LogP contribution in [0.5, 0.6) is 0 Å². The molecule has 0 aliphatic rings. The van der Waals surface area contributed by atoms with Crippen LogP contribution in [0.25, 0.3) is 0 Å². The number of carbonyl (C=O) groups excluding carboxylic acids is 1. The maximum absolute atomic E-state index is 12.2. The zero-order chi connectivity index (χ0) is 14.5. The third kappa shape index (κ3) is 5.36. The molecule has 0 bridgehead atoms. The monoisotopic (exact) mass is 363 g/mol. The van der Waals surface area contributed by atoms with Crippen molar-refractivity contribution in [3.05, 3.63) is 28.8 Å². The fourth-order valence-electron chi connectivity index (χ4n) is 1.56. The smallest absolute Gasteiger partial charge is 0.252 e. The van der Waals surface area contributed by atoms with Crippen LogP contribution in [0.1, 0.15) is 30.6 Å². The molecule has 0 atom stereocenters. The van der Waals surface area contributed by atoms with Crippen LogP contribution < -0.4 is 5.32 Å². The molecule has 1 aromatic carbocycles. The van der Waals surface area contributed by atoms with Crippen LogP contribution in [-0.4, -0.2) is 24.0 Å². The first-order valence-corrected chi connectivity index (χ1v) is 8.80. The average Bonchev–Trinajstić information content (AvgIpc) is 2.36. The molecule has 0 saturated carbocycles. The summed E-state index contributed by atoms with van der Waals surface area (Å²) in [7, 11) is 0. The largest absolute Gasteiger partial charge is 0.351 e. The molecular weight excluding hydrogens is 346 g/mol.